The number of halogens is 1. The third-order valence-electron chi connectivity index (χ3n) is 4.20. The quantitative estimate of drug-likeness (QED) is 0.474. The van der Waals surface area contributed by atoms with Crippen molar-refractivity contribution in [1.29, 1.82) is 0 Å². The number of methoxy groups -OCH3 is 1. The highest BCUT2D eigenvalue weighted by molar-refractivity contribution is 9.10. The van der Waals surface area contributed by atoms with E-state index in [1.165, 1.54) is 0 Å². The van der Waals surface area contributed by atoms with Crippen molar-refractivity contribution in [3.8, 4) is 17.2 Å². The van der Waals surface area contributed by atoms with Crippen LogP contribution in [-0.2, 0) is 6.61 Å². The van der Waals surface area contributed by atoms with Gasteiger partial charge in [-0.25, -0.2) is 0 Å². The Morgan fingerprint density at radius 2 is 1.69 bits per heavy atom. The van der Waals surface area contributed by atoms with Crippen LogP contribution in [-0.4, -0.2) is 19.6 Å². The zero-order valence-electron chi connectivity index (χ0n) is 16.3. The molecule has 6 heteroatoms. The van der Waals surface area contributed by atoms with Crippen molar-refractivity contribution < 1.29 is 19.0 Å². The Hall–Kier alpha value is -2.99. The molecule has 0 unspecified atom stereocenters. The number of rotatable bonds is 8. The van der Waals surface area contributed by atoms with Crippen LogP contribution in [0.1, 0.15) is 22.8 Å². The molecule has 0 aliphatic carbocycles. The van der Waals surface area contributed by atoms with Gasteiger partial charge in [0.15, 0.2) is 0 Å². The molecule has 0 fully saturated rings. The van der Waals surface area contributed by atoms with Gasteiger partial charge in [-0.1, -0.05) is 12.1 Å². The number of nitrogens with one attached hydrogen (secondary N) is 1. The first-order chi connectivity index (χ1) is 14.1. The lowest BCUT2D eigenvalue weighted by atomic mass is 10.1. The molecule has 0 saturated heterocycles. The highest BCUT2D eigenvalue weighted by Crippen LogP contribution is 2.26. The minimum atomic E-state index is -0.203. The lowest BCUT2D eigenvalue weighted by Crippen LogP contribution is -2.13. The molecule has 0 radical (unpaired) electrons. The fourth-order valence-corrected chi connectivity index (χ4v) is 3.10. The molecule has 0 spiro atoms. The molecule has 5 nitrogen and oxygen atoms in total. The Balaban J connectivity index is 1.77. The van der Waals surface area contributed by atoms with Crippen LogP contribution in [0.3, 0.4) is 0 Å². The molecule has 3 rings (SSSR count). The average Bonchev–Trinajstić information content (AvgIpc) is 2.75. The van der Waals surface area contributed by atoms with Crippen molar-refractivity contribution in [2.24, 2.45) is 0 Å². The summed E-state index contributed by atoms with van der Waals surface area (Å²) in [5, 5.41) is 2.91. The van der Waals surface area contributed by atoms with Crippen molar-refractivity contribution in [3.63, 3.8) is 0 Å². The van der Waals surface area contributed by atoms with E-state index < -0.39 is 0 Å². The second-order valence-corrected chi connectivity index (χ2v) is 7.01. The Morgan fingerprint density at radius 3 is 2.38 bits per heavy atom. The van der Waals surface area contributed by atoms with Crippen LogP contribution in [0.4, 0.5) is 5.69 Å². The van der Waals surface area contributed by atoms with E-state index in [1.807, 2.05) is 55.5 Å². The van der Waals surface area contributed by atoms with Crippen LogP contribution < -0.4 is 19.5 Å². The van der Waals surface area contributed by atoms with Gasteiger partial charge in [0.1, 0.15) is 23.9 Å². The number of amides is 1. The summed E-state index contributed by atoms with van der Waals surface area (Å²) in [4.78, 5) is 12.7. The number of anilines is 1. The Labute approximate surface area is 178 Å². The largest absolute Gasteiger partial charge is 0.497 e. The van der Waals surface area contributed by atoms with Gasteiger partial charge in [0, 0.05) is 15.6 Å². The monoisotopic (exact) mass is 455 g/mol. The minimum Gasteiger partial charge on any atom is -0.497 e. The predicted molar refractivity (Wildman–Crippen MR) is 117 cm³/mol. The normalized spacial score (nSPS) is 10.3. The molecule has 1 amide bonds. The van der Waals surface area contributed by atoms with Crippen LogP contribution >= 0.6 is 15.9 Å². The van der Waals surface area contributed by atoms with Crippen molar-refractivity contribution in [3.05, 3.63) is 82.3 Å². The number of benzene rings is 3. The van der Waals surface area contributed by atoms with Gasteiger partial charge in [0.05, 0.1) is 19.4 Å². The van der Waals surface area contributed by atoms with Gasteiger partial charge in [-0.3, -0.25) is 4.79 Å². The maximum atomic E-state index is 12.7. The number of ether oxygens (including phenoxy) is 3. The number of para-hydroxylation sites is 1. The third-order valence-corrected chi connectivity index (χ3v) is 4.89. The lowest BCUT2D eigenvalue weighted by molar-refractivity contribution is 0.102. The molecule has 0 atom stereocenters. The Bertz CT molecular complexity index is 973. The summed E-state index contributed by atoms with van der Waals surface area (Å²) >= 11 is 3.44. The Morgan fingerprint density at radius 1 is 0.966 bits per heavy atom. The fourth-order valence-electron chi connectivity index (χ4n) is 2.72. The van der Waals surface area contributed by atoms with E-state index in [0.717, 1.165) is 15.8 Å². The molecule has 0 bridgehead atoms. The summed E-state index contributed by atoms with van der Waals surface area (Å²) in [5.41, 5.74) is 2.03. The molecular weight excluding hydrogens is 434 g/mol. The first-order valence-corrected chi connectivity index (χ1v) is 9.98. The van der Waals surface area contributed by atoms with Gasteiger partial charge in [0.2, 0.25) is 0 Å². The fraction of sp³-hybridized carbons (Fsp3) is 0.174. The van der Waals surface area contributed by atoms with E-state index in [-0.39, 0.29) is 12.5 Å². The molecule has 0 aliphatic heterocycles. The molecular formula is C23H22BrNO4. The summed E-state index contributed by atoms with van der Waals surface area (Å²) in [6, 6.07) is 20.1. The molecule has 0 saturated carbocycles. The molecule has 150 valence electrons. The summed E-state index contributed by atoms with van der Waals surface area (Å²) in [5.74, 6) is 1.96. The highest BCUT2D eigenvalue weighted by Gasteiger charge is 2.13. The van der Waals surface area contributed by atoms with E-state index in [1.54, 1.807) is 25.3 Å². The third kappa shape index (κ3) is 5.51. The van der Waals surface area contributed by atoms with Crippen LogP contribution in [0.25, 0.3) is 0 Å². The van der Waals surface area contributed by atoms with E-state index >= 15 is 0 Å². The molecule has 0 heterocycles. The second kappa shape index (κ2) is 9.98. The maximum absolute atomic E-state index is 12.7. The zero-order chi connectivity index (χ0) is 20.6. The van der Waals surface area contributed by atoms with Gasteiger partial charge < -0.3 is 19.5 Å². The van der Waals surface area contributed by atoms with Gasteiger partial charge in [-0.05, 0) is 77.5 Å². The zero-order valence-corrected chi connectivity index (χ0v) is 17.9. The SMILES string of the molecule is CCOc1ccc(C(=O)Nc2ccccc2Br)cc1COc1ccc(OC)cc1. The predicted octanol–water partition coefficient (Wildman–Crippen LogP) is 5.69. The van der Waals surface area contributed by atoms with E-state index in [4.69, 9.17) is 14.2 Å². The van der Waals surface area contributed by atoms with Crippen LogP contribution in [0.5, 0.6) is 17.2 Å². The highest BCUT2D eigenvalue weighted by atomic mass is 79.9. The van der Waals surface area contributed by atoms with E-state index in [9.17, 15) is 4.79 Å². The molecule has 3 aromatic rings. The molecule has 29 heavy (non-hydrogen) atoms. The Kier molecular flexibility index (Phi) is 7.14. The minimum absolute atomic E-state index is 0.203. The summed E-state index contributed by atoms with van der Waals surface area (Å²) in [6.07, 6.45) is 0. The van der Waals surface area contributed by atoms with Crippen molar-refractivity contribution in [2.45, 2.75) is 13.5 Å². The van der Waals surface area contributed by atoms with E-state index in [0.29, 0.717) is 29.4 Å². The average molecular weight is 456 g/mol. The number of hydrogen-bond acceptors (Lipinski definition) is 4. The maximum Gasteiger partial charge on any atom is 0.255 e. The second-order valence-electron chi connectivity index (χ2n) is 6.15. The van der Waals surface area contributed by atoms with Crippen molar-refractivity contribution in [1.82, 2.24) is 0 Å². The number of hydrogen-bond donors (Lipinski definition) is 1. The summed E-state index contributed by atoms with van der Waals surface area (Å²) in [6.45, 7) is 2.72. The topological polar surface area (TPSA) is 56.8 Å². The molecule has 1 N–H and O–H groups in total. The van der Waals surface area contributed by atoms with Gasteiger partial charge in [-0.2, -0.15) is 0 Å². The van der Waals surface area contributed by atoms with Crippen LogP contribution in [0.2, 0.25) is 0 Å². The number of carbonyl (C=O) groups is 1. The van der Waals surface area contributed by atoms with Crippen LogP contribution in [0, 0.1) is 0 Å². The summed E-state index contributed by atoms with van der Waals surface area (Å²) in [7, 11) is 1.62. The summed E-state index contributed by atoms with van der Waals surface area (Å²) < 4.78 is 17.6. The van der Waals surface area contributed by atoms with Crippen molar-refractivity contribution >= 4 is 27.5 Å². The van der Waals surface area contributed by atoms with Gasteiger partial charge >= 0.3 is 0 Å². The number of carbonyl (C=O) groups excluding carboxylic acids is 1. The van der Waals surface area contributed by atoms with Gasteiger partial charge in [0.25, 0.3) is 5.91 Å². The smallest absolute Gasteiger partial charge is 0.255 e. The standard InChI is InChI=1S/C23H22BrNO4/c1-3-28-22-13-8-16(23(26)25-21-7-5-4-6-20(21)24)14-17(22)15-29-19-11-9-18(27-2)10-12-19/h4-14H,3,15H2,1-2H3,(H,25,26). The molecule has 0 aromatic heterocycles. The molecule has 3 aromatic carbocycles. The van der Waals surface area contributed by atoms with Crippen molar-refractivity contribution in [2.75, 3.05) is 19.0 Å². The lowest BCUT2D eigenvalue weighted by Gasteiger charge is -2.14. The first-order valence-electron chi connectivity index (χ1n) is 9.19. The van der Waals surface area contributed by atoms with Gasteiger partial charge in [-0.15, -0.1) is 0 Å². The first kappa shape index (κ1) is 20.7. The molecule has 0 aliphatic rings. The van der Waals surface area contributed by atoms with E-state index in [2.05, 4.69) is 21.2 Å². The van der Waals surface area contributed by atoms with Crippen LogP contribution in [0.15, 0.2) is 71.2 Å².